The van der Waals surface area contributed by atoms with Gasteiger partial charge in [-0.15, -0.1) is 0 Å². The molecule has 1 aromatic rings. The number of benzene rings is 1. The number of ether oxygens (including phenoxy) is 8. The molecule has 15 heteroatoms. The van der Waals surface area contributed by atoms with Crippen molar-refractivity contribution in [3.05, 3.63) is 34.3 Å². The van der Waals surface area contributed by atoms with Crippen molar-refractivity contribution in [2.24, 2.45) is 5.92 Å². The smallest absolute Gasteiger partial charge is 0.245 e. The molecule has 0 aliphatic carbocycles. The Hall–Kier alpha value is -2.05. The number of nitrogens with one attached hydrogen (secondary N) is 3. The molecule has 0 aromatic heterocycles. The topological polar surface area (TPSA) is 161 Å². The molecule has 0 aliphatic heterocycles. The van der Waals surface area contributed by atoms with Crippen molar-refractivity contribution in [2.45, 2.75) is 71.9 Å². The molecular weight excluding hydrogens is 766 g/mol. The molecule has 1 atom stereocenters. The van der Waals surface area contributed by atoms with Gasteiger partial charge in [0.25, 0.3) is 0 Å². The lowest BCUT2D eigenvalue weighted by atomic mass is 9.94. The van der Waals surface area contributed by atoms with Crippen LogP contribution in [0.5, 0.6) is 0 Å². The Labute approximate surface area is 331 Å². The van der Waals surface area contributed by atoms with Gasteiger partial charge < -0.3 is 53.8 Å². The number of halogens is 1. The molecule has 3 N–H and O–H groups in total. The SMILES string of the molecule is CC(C)C(=O)[C@@H](CCCCNC(=O)COCCOCCOCCOCCOCCOCCOCCOCCNC(=O)Cc1ccc(Br)cc1)NC(C)(C)C. The fourth-order valence-corrected chi connectivity index (χ4v) is 5.04. The van der Waals surface area contributed by atoms with E-state index in [1.165, 1.54) is 0 Å². The van der Waals surface area contributed by atoms with Gasteiger partial charge in [0.1, 0.15) is 6.61 Å². The van der Waals surface area contributed by atoms with Gasteiger partial charge in [0.15, 0.2) is 5.78 Å². The Morgan fingerprint density at radius 3 is 1.46 bits per heavy atom. The summed E-state index contributed by atoms with van der Waals surface area (Å²) < 4.78 is 44.7. The van der Waals surface area contributed by atoms with Crippen LogP contribution in [0.4, 0.5) is 0 Å². The first kappa shape index (κ1) is 50.0. The normalized spacial score (nSPS) is 12.3. The zero-order valence-corrected chi connectivity index (χ0v) is 35.0. The maximum Gasteiger partial charge on any atom is 0.245 e. The lowest BCUT2D eigenvalue weighted by Crippen LogP contribution is -2.49. The summed E-state index contributed by atoms with van der Waals surface area (Å²) >= 11 is 3.38. The third-order valence-electron chi connectivity index (χ3n) is 7.45. The van der Waals surface area contributed by atoms with Gasteiger partial charge in [0, 0.05) is 29.0 Å². The number of unbranched alkanes of at least 4 members (excludes halogenated alkanes) is 1. The highest BCUT2D eigenvalue weighted by atomic mass is 79.9. The van der Waals surface area contributed by atoms with E-state index >= 15 is 0 Å². The molecule has 2 amide bonds. The van der Waals surface area contributed by atoms with Crippen molar-refractivity contribution < 1.29 is 52.3 Å². The molecule has 0 unspecified atom stereocenters. The van der Waals surface area contributed by atoms with Gasteiger partial charge in [-0.3, -0.25) is 14.4 Å². The van der Waals surface area contributed by atoms with Gasteiger partial charge in [0.05, 0.1) is 112 Å². The van der Waals surface area contributed by atoms with E-state index in [9.17, 15) is 14.4 Å². The molecule has 1 rings (SSSR count). The van der Waals surface area contributed by atoms with Crippen molar-refractivity contribution in [2.75, 3.05) is 119 Å². The van der Waals surface area contributed by atoms with Gasteiger partial charge in [-0.05, 0) is 57.7 Å². The summed E-state index contributed by atoms with van der Waals surface area (Å²) in [4.78, 5) is 36.5. The highest BCUT2D eigenvalue weighted by molar-refractivity contribution is 9.10. The van der Waals surface area contributed by atoms with Crippen LogP contribution in [-0.2, 0) is 58.7 Å². The summed E-state index contributed by atoms with van der Waals surface area (Å²) in [6.07, 6.45) is 2.74. The highest BCUT2D eigenvalue weighted by Crippen LogP contribution is 2.13. The van der Waals surface area contributed by atoms with E-state index in [1.807, 2.05) is 38.1 Å². The lowest BCUT2D eigenvalue weighted by Gasteiger charge is -2.29. The fraction of sp³-hybridized carbons (Fsp3) is 0.769. The molecule has 14 nitrogen and oxygen atoms in total. The number of amides is 2. The summed E-state index contributed by atoms with van der Waals surface area (Å²) in [5.74, 6) is 0.0204. The fourth-order valence-electron chi connectivity index (χ4n) is 4.78. The Balaban J connectivity index is 1.76. The molecule has 0 heterocycles. The predicted molar refractivity (Wildman–Crippen MR) is 211 cm³/mol. The number of Topliss-reactive ketones (excluding diaryl/α,β-unsaturated/α-hetero) is 1. The molecule has 0 aliphatic rings. The van der Waals surface area contributed by atoms with Crippen molar-refractivity contribution in [3.8, 4) is 0 Å². The van der Waals surface area contributed by atoms with Crippen molar-refractivity contribution >= 4 is 33.5 Å². The standard InChI is InChI=1S/C39H68BrN3O11/c1-32(2)38(46)35(43-39(3,4)5)8-6-7-13-41-37(45)31-54-29-28-53-27-26-52-25-24-51-23-22-50-21-20-49-19-18-48-17-16-47-15-14-42-36(44)30-33-9-11-34(40)12-10-33/h9-12,32,35,43H,6-8,13-31H2,1-5H3,(H,41,45)(H,42,44)/t35-/m1/s1. The van der Waals surface area contributed by atoms with E-state index in [0.717, 1.165) is 29.3 Å². The van der Waals surface area contributed by atoms with E-state index in [1.54, 1.807) is 0 Å². The zero-order chi connectivity index (χ0) is 39.7. The Kier molecular flexibility index (Phi) is 30.7. The monoisotopic (exact) mass is 833 g/mol. The van der Waals surface area contributed by atoms with Crippen molar-refractivity contribution in [3.63, 3.8) is 0 Å². The molecule has 0 saturated carbocycles. The predicted octanol–water partition coefficient (Wildman–Crippen LogP) is 3.51. The molecule has 1 aromatic carbocycles. The van der Waals surface area contributed by atoms with Crippen LogP contribution in [0.15, 0.2) is 28.7 Å². The van der Waals surface area contributed by atoms with Gasteiger partial charge in [-0.1, -0.05) is 41.9 Å². The first-order chi connectivity index (χ1) is 26.0. The zero-order valence-electron chi connectivity index (χ0n) is 33.4. The minimum atomic E-state index is -0.168. The highest BCUT2D eigenvalue weighted by Gasteiger charge is 2.25. The van der Waals surface area contributed by atoms with Crippen molar-refractivity contribution in [1.29, 1.82) is 0 Å². The summed E-state index contributed by atoms with van der Waals surface area (Å²) in [7, 11) is 0. The van der Waals surface area contributed by atoms with Crippen molar-refractivity contribution in [1.82, 2.24) is 16.0 Å². The quantitative estimate of drug-likeness (QED) is 0.0847. The number of rotatable bonds is 36. The summed E-state index contributed by atoms with van der Waals surface area (Å²) in [6.45, 7) is 17.7. The molecular formula is C39H68BrN3O11. The maximum atomic E-state index is 12.5. The number of hydrogen-bond donors (Lipinski definition) is 3. The average Bonchev–Trinajstić information content (AvgIpc) is 3.12. The Bertz CT molecular complexity index is 1090. The van der Waals surface area contributed by atoms with E-state index in [4.69, 9.17) is 37.9 Å². The number of carbonyl (C=O) groups excluding carboxylic acids is 3. The van der Waals surface area contributed by atoms with Crippen LogP contribution in [0.1, 0.15) is 59.4 Å². The first-order valence-corrected chi connectivity index (χ1v) is 20.0. The van der Waals surface area contributed by atoms with Gasteiger partial charge in [0.2, 0.25) is 11.8 Å². The molecule has 0 saturated heterocycles. The molecule has 0 radical (unpaired) electrons. The molecule has 0 spiro atoms. The van der Waals surface area contributed by atoms with Crippen LogP contribution in [0, 0.1) is 5.92 Å². The van der Waals surface area contributed by atoms with E-state index in [0.29, 0.717) is 119 Å². The minimum absolute atomic E-state index is 0.0131. The maximum absolute atomic E-state index is 12.5. The van der Waals surface area contributed by atoms with Crippen LogP contribution < -0.4 is 16.0 Å². The minimum Gasteiger partial charge on any atom is -0.377 e. The van der Waals surface area contributed by atoms with E-state index in [-0.39, 0.29) is 41.7 Å². The summed E-state index contributed by atoms with van der Waals surface area (Å²) in [6, 6.07) is 7.51. The Morgan fingerprint density at radius 2 is 1.02 bits per heavy atom. The average molecular weight is 835 g/mol. The molecule has 312 valence electrons. The van der Waals surface area contributed by atoms with Crippen LogP contribution in [-0.4, -0.2) is 148 Å². The lowest BCUT2D eigenvalue weighted by molar-refractivity contribution is -0.126. The largest absolute Gasteiger partial charge is 0.377 e. The third-order valence-corrected chi connectivity index (χ3v) is 7.97. The van der Waals surface area contributed by atoms with Crippen LogP contribution in [0.3, 0.4) is 0 Å². The van der Waals surface area contributed by atoms with E-state index < -0.39 is 0 Å². The van der Waals surface area contributed by atoms with Gasteiger partial charge in [-0.25, -0.2) is 0 Å². The summed E-state index contributed by atoms with van der Waals surface area (Å²) in [5.41, 5.74) is 0.831. The van der Waals surface area contributed by atoms with Crippen LogP contribution in [0.2, 0.25) is 0 Å². The number of carbonyl (C=O) groups is 3. The van der Waals surface area contributed by atoms with Gasteiger partial charge in [-0.2, -0.15) is 0 Å². The molecule has 54 heavy (non-hydrogen) atoms. The molecule has 0 bridgehead atoms. The van der Waals surface area contributed by atoms with E-state index in [2.05, 4.69) is 52.7 Å². The second-order valence-electron chi connectivity index (χ2n) is 13.8. The second kappa shape index (κ2) is 33.1. The summed E-state index contributed by atoms with van der Waals surface area (Å²) in [5, 5.41) is 9.13. The first-order valence-electron chi connectivity index (χ1n) is 19.2. The number of ketones is 1. The second-order valence-corrected chi connectivity index (χ2v) is 14.8. The molecule has 0 fully saturated rings. The number of hydrogen-bond acceptors (Lipinski definition) is 12. The van der Waals surface area contributed by atoms with Crippen LogP contribution in [0.25, 0.3) is 0 Å². The third kappa shape index (κ3) is 31.2. The van der Waals surface area contributed by atoms with Gasteiger partial charge >= 0.3 is 0 Å². The Morgan fingerprint density at radius 1 is 0.593 bits per heavy atom. The van der Waals surface area contributed by atoms with Crippen LogP contribution >= 0.6 is 15.9 Å².